The minimum atomic E-state index is -0.300. The molecule has 2 rings (SSSR count). The molecule has 1 aromatic heterocycles. The maximum Gasteiger partial charge on any atom is 0.295 e. The van der Waals surface area contributed by atoms with E-state index in [1.807, 2.05) is 30.3 Å². The quantitative estimate of drug-likeness (QED) is 0.752. The summed E-state index contributed by atoms with van der Waals surface area (Å²) in [4.78, 5) is 18.0. The van der Waals surface area contributed by atoms with Gasteiger partial charge in [0, 0.05) is 6.54 Å². The second-order valence-electron chi connectivity index (χ2n) is 4.06. The van der Waals surface area contributed by atoms with Crippen LogP contribution in [0, 0.1) is 0 Å². The molecule has 6 nitrogen and oxygen atoms in total. The van der Waals surface area contributed by atoms with Gasteiger partial charge >= 0.3 is 0 Å². The van der Waals surface area contributed by atoms with Crippen LogP contribution in [0.4, 0.5) is 5.82 Å². The molecule has 0 bridgehead atoms. The SMILES string of the molecule is COc1c(NCCCOc2ccccc2)nc[nH]c1=O. The predicted octanol–water partition coefficient (Wildman–Crippen LogP) is 1.66. The third-order valence-corrected chi connectivity index (χ3v) is 2.64. The van der Waals surface area contributed by atoms with Gasteiger partial charge in [-0.3, -0.25) is 4.79 Å². The van der Waals surface area contributed by atoms with Crippen LogP contribution in [0.3, 0.4) is 0 Å². The fourth-order valence-corrected chi connectivity index (χ4v) is 1.69. The first kappa shape index (κ1) is 13.9. The molecule has 0 spiro atoms. The molecule has 2 N–H and O–H groups in total. The highest BCUT2D eigenvalue weighted by molar-refractivity contribution is 5.47. The lowest BCUT2D eigenvalue weighted by Crippen LogP contribution is -2.15. The van der Waals surface area contributed by atoms with Crippen LogP contribution in [0.2, 0.25) is 0 Å². The third-order valence-electron chi connectivity index (χ3n) is 2.64. The predicted molar refractivity (Wildman–Crippen MR) is 76.5 cm³/mol. The van der Waals surface area contributed by atoms with Crippen molar-refractivity contribution in [3.8, 4) is 11.5 Å². The Balaban J connectivity index is 1.76. The summed E-state index contributed by atoms with van der Waals surface area (Å²) in [7, 11) is 1.44. The number of rotatable bonds is 7. The number of benzene rings is 1. The van der Waals surface area contributed by atoms with Crippen LogP contribution in [-0.4, -0.2) is 30.2 Å². The van der Waals surface area contributed by atoms with E-state index >= 15 is 0 Å². The van der Waals surface area contributed by atoms with Gasteiger partial charge in [-0.25, -0.2) is 4.98 Å². The van der Waals surface area contributed by atoms with Crippen molar-refractivity contribution < 1.29 is 9.47 Å². The molecular formula is C14H17N3O3. The van der Waals surface area contributed by atoms with Crippen LogP contribution in [0.1, 0.15) is 6.42 Å². The Labute approximate surface area is 116 Å². The lowest BCUT2D eigenvalue weighted by atomic mass is 10.3. The number of anilines is 1. The van der Waals surface area contributed by atoms with E-state index in [1.54, 1.807) is 0 Å². The first-order valence-corrected chi connectivity index (χ1v) is 6.34. The molecule has 0 aliphatic rings. The number of aromatic amines is 1. The van der Waals surface area contributed by atoms with Crippen LogP contribution in [0.5, 0.6) is 11.5 Å². The topological polar surface area (TPSA) is 76.2 Å². The molecular weight excluding hydrogens is 258 g/mol. The molecule has 1 heterocycles. The molecule has 0 atom stereocenters. The standard InChI is InChI=1S/C14H17N3O3/c1-19-12-13(16-10-17-14(12)18)15-8-5-9-20-11-6-3-2-4-7-11/h2-4,6-7,10H,5,8-9H2,1H3,(H2,15,16,17,18). The summed E-state index contributed by atoms with van der Waals surface area (Å²) in [6, 6.07) is 9.63. The molecule has 0 saturated heterocycles. The molecule has 2 aromatic rings. The Bertz CT molecular complexity index is 584. The fraction of sp³-hybridized carbons (Fsp3) is 0.286. The van der Waals surface area contributed by atoms with Crippen molar-refractivity contribution in [3.63, 3.8) is 0 Å². The first-order chi connectivity index (χ1) is 9.81. The smallest absolute Gasteiger partial charge is 0.295 e. The average molecular weight is 275 g/mol. The van der Waals surface area contributed by atoms with Crippen molar-refractivity contribution in [3.05, 3.63) is 47.0 Å². The highest BCUT2D eigenvalue weighted by Crippen LogP contribution is 2.14. The summed E-state index contributed by atoms with van der Waals surface area (Å²) < 4.78 is 10.6. The van der Waals surface area contributed by atoms with Gasteiger partial charge in [-0.15, -0.1) is 0 Å². The van der Waals surface area contributed by atoms with Crippen LogP contribution in [0.15, 0.2) is 41.5 Å². The molecule has 0 saturated carbocycles. The van der Waals surface area contributed by atoms with E-state index in [0.29, 0.717) is 19.0 Å². The highest BCUT2D eigenvalue weighted by Gasteiger charge is 2.07. The van der Waals surface area contributed by atoms with E-state index in [4.69, 9.17) is 9.47 Å². The Morgan fingerprint density at radius 2 is 2.10 bits per heavy atom. The third kappa shape index (κ3) is 3.74. The number of nitrogens with one attached hydrogen (secondary N) is 2. The van der Waals surface area contributed by atoms with Gasteiger partial charge in [0.15, 0.2) is 5.82 Å². The first-order valence-electron chi connectivity index (χ1n) is 6.34. The molecule has 6 heteroatoms. The minimum absolute atomic E-state index is 0.191. The summed E-state index contributed by atoms with van der Waals surface area (Å²) >= 11 is 0. The average Bonchev–Trinajstić information content (AvgIpc) is 2.48. The van der Waals surface area contributed by atoms with Crippen molar-refractivity contribution in [2.75, 3.05) is 25.6 Å². The molecule has 0 aliphatic heterocycles. The molecule has 0 unspecified atom stereocenters. The molecule has 0 radical (unpaired) electrons. The maximum absolute atomic E-state index is 11.5. The minimum Gasteiger partial charge on any atom is -0.494 e. The van der Waals surface area contributed by atoms with Gasteiger partial charge in [-0.2, -0.15) is 0 Å². The van der Waals surface area contributed by atoms with Gasteiger partial charge < -0.3 is 19.8 Å². The Morgan fingerprint density at radius 1 is 1.30 bits per heavy atom. The van der Waals surface area contributed by atoms with Crippen molar-refractivity contribution in [1.29, 1.82) is 0 Å². The van der Waals surface area contributed by atoms with E-state index in [9.17, 15) is 4.79 Å². The largest absolute Gasteiger partial charge is 0.494 e. The normalized spacial score (nSPS) is 10.1. The number of H-pyrrole nitrogens is 1. The Kier molecular flexibility index (Phi) is 5.00. The second kappa shape index (κ2) is 7.18. The lowest BCUT2D eigenvalue weighted by Gasteiger charge is -2.09. The van der Waals surface area contributed by atoms with Crippen molar-refractivity contribution in [1.82, 2.24) is 9.97 Å². The van der Waals surface area contributed by atoms with Gasteiger partial charge in [0.2, 0.25) is 5.75 Å². The summed E-state index contributed by atoms with van der Waals surface area (Å²) in [6.07, 6.45) is 2.13. The van der Waals surface area contributed by atoms with E-state index in [2.05, 4.69) is 15.3 Å². The zero-order valence-electron chi connectivity index (χ0n) is 11.3. The number of aromatic nitrogens is 2. The van der Waals surface area contributed by atoms with Gasteiger partial charge in [0.05, 0.1) is 20.0 Å². The van der Waals surface area contributed by atoms with Gasteiger partial charge in [0.25, 0.3) is 5.56 Å². The number of para-hydroxylation sites is 1. The number of hydrogen-bond donors (Lipinski definition) is 2. The molecule has 1 aromatic carbocycles. The lowest BCUT2D eigenvalue weighted by molar-refractivity contribution is 0.315. The van der Waals surface area contributed by atoms with E-state index < -0.39 is 0 Å². The van der Waals surface area contributed by atoms with E-state index in [1.165, 1.54) is 13.4 Å². The zero-order chi connectivity index (χ0) is 14.2. The van der Waals surface area contributed by atoms with Gasteiger partial charge in [0.1, 0.15) is 5.75 Å². The fourth-order valence-electron chi connectivity index (χ4n) is 1.69. The van der Waals surface area contributed by atoms with E-state index in [-0.39, 0.29) is 11.3 Å². The van der Waals surface area contributed by atoms with Crippen LogP contribution < -0.4 is 20.3 Å². The number of nitrogens with zero attached hydrogens (tertiary/aromatic N) is 1. The van der Waals surface area contributed by atoms with Gasteiger partial charge in [-0.05, 0) is 18.6 Å². The van der Waals surface area contributed by atoms with E-state index in [0.717, 1.165) is 12.2 Å². The maximum atomic E-state index is 11.5. The van der Waals surface area contributed by atoms with Crippen LogP contribution >= 0.6 is 0 Å². The van der Waals surface area contributed by atoms with Crippen LogP contribution in [-0.2, 0) is 0 Å². The number of ether oxygens (including phenoxy) is 2. The van der Waals surface area contributed by atoms with Crippen molar-refractivity contribution in [2.24, 2.45) is 0 Å². The molecule has 0 fully saturated rings. The molecule has 0 aliphatic carbocycles. The molecule has 20 heavy (non-hydrogen) atoms. The Hall–Kier alpha value is -2.50. The van der Waals surface area contributed by atoms with Crippen molar-refractivity contribution >= 4 is 5.82 Å². The summed E-state index contributed by atoms with van der Waals surface area (Å²) in [5.41, 5.74) is -0.300. The number of hydrogen-bond acceptors (Lipinski definition) is 5. The van der Waals surface area contributed by atoms with Crippen molar-refractivity contribution in [2.45, 2.75) is 6.42 Å². The summed E-state index contributed by atoms with van der Waals surface area (Å²) in [5, 5.41) is 3.06. The van der Waals surface area contributed by atoms with Crippen LogP contribution in [0.25, 0.3) is 0 Å². The second-order valence-corrected chi connectivity index (χ2v) is 4.06. The summed E-state index contributed by atoms with van der Waals surface area (Å²) in [5.74, 6) is 1.48. The van der Waals surface area contributed by atoms with Gasteiger partial charge in [-0.1, -0.05) is 18.2 Å². The highest BCUT2D eigenvalue weighted by atomic mass is 16.5. The summed E-state index contributed by atoms with van der Waals surface area (Å²) in [6.45, 7) is 1.22. The molecule has 106 valence electrons. The zero-order valence-corrected chi connectivity index (χ0v) is 11.3. The Morgan fingerprint density at radius 3 is 2.85 bits per heavy atom. The number of methoxy groups -OCH3 is 1. The molecule has 0 amide bonds. The monoisotopic (exact) mass is 275 g/mol.